The van der Waals surface area contributed by atoms with E-state index < -0.39 is 0 Å². The first-order chi connectivity index (χ1) is 10.3. The summed E-state index contributed by atoms with van der Waals surface area (Å²) in [5.74, 6) is 2.32. The summed E-state index contributed by atoms with van der Waals surface area (Å²) in [4.78, 5) is 0. The van der Waals surface area contributed by atoms with Crippen molar-refractivity contribution >= 4 is 5.69 Å². The highest BCUT2D eigenvalue weighted by Gasteiger charge is 2.18. The van der Waals surface area contributed by atoms with Gasteiger partial charge in [-0.2, -0.15) is 0 Å². The van der Waals surface area contributed by atoms with Crippen molar-refractivity contribution in [2.24, 2.45) is 5.73 Å². The highest BCUT2D eigenvalue weighted by molar-refractivity contribution is 5.58. The second kappa shape index (κ2) is 5.93. The lowest BCUT2D eigenvalue weighted by Crippen LogP contribution is -2.20. The summed E-state index contributed by atoms with van der Waals surface area (Å²) in [5, 5.41) is 3.41. The van der Waals surface area contributed by atoms with Gasteiger partial charge in [0.1, 0.15) is 5.75 Å². The molecule has 1 unspecified atom stereocenters. The summed E-state index contributed by atoms with van der Waals surface area (Å²) < 4.78 is 16.1. The van der Waals surface area contributed by atoms with E-state index in [1.165, 1.54) is 0 Å². The van der Waals surface area contributed by atoms with Gasteiger partial charge >= 0.3 is 0 Å². The van der Waals surface area contributed by atoms with E-state index >= 15 is 0 Å². The van der Waals surface area contributed by atoms with Crippen LogP contribution in [-0.4, -0.2) is 20.4 Å². The Morgan fingerprint density at radius 1 is 1.19 bits per heavy atom. The lowest BCUT2D eigenvalue weighted by molar-refractivity contribution is 0.174. The zero-order valence-corrected chi connectivity index (χ0v) is 11.8. The summed E-state index contributed by atoms with van der Waals surface area (Å²) in [6, 6.07) is 13.6. The highest BCUT2D eigenvalue weighted by atomic mass is 16.7. The summed E-state index contributed by atoms with van der Waals surface area (Å²) in [5.41, 5.74) is 7.87. The van der Waals surface area contributed by atoms with Crippen molar-refractivity contribution < 1.29 is 14.2 Å². The first-order valence-corrected chi connectivity index (χ1v) is 6.81. The van der Waals surface area contributed by atoms with Gasteiger partial charge in [0.25, 0.3) is 0 Å². The minimum absolute atomic E-state index is 0.0317. The molecule has 5 nitrogen and oxygen atoms in total. The van der Waals surface area contributed by atoms with E-state index in [0.29, 0.717) is 6.54 Å². The number of methoxy groups -OCH3 is 1. The number of ether oxygens (including phenoxy) is 3. The predicted octanol–water partition coefficient (Wildman–Crippen LogP) is 2.54. The van der Waals surface area contributed by atoms with Crippen LogP contribution in [-0.2, 0) is 0 Å². The van der Waals surface area contributed by atoms with Crippen LogP contribution in [0.2, 0.25) is 0 Å². The molecule has 1 heterocycles. The third-order valence-corrected chi connectivity index (χ3v) is 3.47. The molecule has 5 heteroatoms. The summed E-state index contributed by atoms with van der Waals surface area (Å²) >= 11 is 0. The van der Waals surface area contributed by atoms with E-state index in [0.717, 1.165) is 28.5 Å². The molecule has 3 rings (SSSR count). The molecule has 2 aromatic rings. The molecule has 0 saturated carbocycles. The fourth-order valence-corrected chi connectivity index (χ4v) is 2.36. The minimum atomic E-state index is -0.0317. The Morgan fingerprint density at radius 2 is 2.00 bits per heavy atom. The van der Waals surface area contributed by atoms with E-state index in [-0.39, 0.29) is 12.8 Å². The number of rotatable bonds is 5. The van der Waals surface area contributed by atoms with Crippen LogP contribution < -0.4 is 25.3 Å². The second-order valence-corrected chi connectivity index (χ2v) is 4.75. The van der Waals surface area contributed by atoms with Gasteiger partial charge in [0.05, 0.1) is 18.8 Å². The SMILES string of the molecule is COc1ccccc1NC(CN)c1ccc2c(c1)OCO2. The second-order valence-electron chi connectivity index (χ2n) is 4.75. The number of para-hydroxylation sites is 2. The molecular formula is C16H18N2O3. The van der Waals surface area contributed by atoms with E-state index in [1.54, 1.807) is 7.11 Å². The Labute approximate surface area is 123 Å². The number of anilines is 1. The quantitative estimate of drug-likeness (QED) is 0.884. The molecular weight excluding hydrogens is 268 g/mol. The Balaban J connectivity index is 1.85. The molecule has 0 bridgehead atoms. The molecule has 1 aliphatic rings. The third kappa shape index (κ3) is 2.73. The van der Waals surface area contributed by atoms with Crippen LogP contribution >= 0.6 is 0 Å². The Hall–Kier alpha value is -2.40. The van der Waals surface area contributed by atoms with Gasteiger partial charge in [0.15, 0.2) is 11.5 Å². The normalized spacial score (nSPS) is 13.8. The van der Waals surface area contributed by atoms with Crippen molar-refractivity contribution in [3.8, 4) is 17.2 Å². The maximum absolute atomic E-state index is 5.91. The number of nitrogens with one attached hydrogen (secondary N) is 1. The number of fused-ring (bicyclic) bond motifs is 1. The molecule has 3 N–H and O–H groups in total. The largest absolute Gasteiger partial charge is 0.495 e. The van der Waals surface area contributed by atoms with E-state index in [4.69, 9.17) is 19.9 Å². The third-order valence-electron chi connectivity index (χ3n) is 3.47. The van der Waals surface area contributed by atoms with E-state index in [2.05, 4.69) is 5.32 Å². The number of hydrogen-bond acceptors (Lipinski definition) is 5. The lowest BCUT2D eigenvalue weighted by Gasteiger charge is -2.20. The van der Waals surface area contributed by atoms with Crippen LogP contribution in [0.4, 0.5) is 5.69 Å². The van der Waals surface area contributed by atoms with Crippen LogP contribution in [0.5, 0.6) is 17.2 Å². The van der Waals surface area contributed by atoms with Crippen LogP contribution in [0.25, 0.3) is 0 Å². The highest BCUT2D eigenvalue weighted by Crippen LogP contribution is 2.35. The monoisotopic (exact) mass is 286 g/mol. The Bertz CT molecular complexity index is 631. The van der Waals surface area contributed by atoms with Gasteiger partial charge in [-0.05, 0) is 29.8 Å². The zero-order valence-electron chi connectivity index (χ0n) is 11.8. The molecule has 0 amide bonds. The maximum Gasteiger partial charge on any atom is 0.231 e. The van der Waals surface area contributed by atoms with Crippen LogP contribution in [0.3, 0.4) is 0 Å². The molecule has 0 fully saturated rings. The van der Waals surface area contributed by atoms with Crippen molar-refractivity contribution in [3.63, 3.8) is 0 Å². The van der Waals surface area contributed by atoms with Gasteiger partial charge in [0, 0.05) is 6.54 Å². The van der Waals surface area contributed by atoms with Crippen LogP contribution in [0.15, 0.2) is 42.5 Å². The first-order valence-electron chi connectivity index (χ1n) is 6.81. The van der Waals surface area contributed by atoms with Crippen molar-refractivity contribution in [1.82, 2.24) is 0 Å². The van der Waals surface area contributed by atoms with Crippen molar-refractivity contribution in [1.29, 1.82) is 0 Å². The molecule has 0 radical (unpaired) electrons. The van der Waals surface area contributed by atoms with Gasteiger partial charge in [-0.15, -0.1) is 0 Å². The van der Waals surface area contributed by atoms with Crippen molar-refractivity contribution in [2.75, 3.05) is 25.8 Å². The van der Waals surface area contributed by atoms with Crippen LogP contribution in [0.1, 0.15) is 11.6 Å². The summed E-state index contributed by atoms with van der Waals surface area (Å²) in [6.07, 6.45) is 0. The Morgan fingerprint density at radius 3 is 2.81 bits per heavy atom. The molecule has 1 atom stereocenters. The van der Waals surface area contributed by atoms with Gasteiger partial charge in [-0.3, -0.25) is 0 Å². The van der Waals surface area contributed by atoms with Gasteiger partial charge in [-0.1, -0.05) is 18.2 Å². The average Bonchev–Trinajstić information content (AvgIpc) is 3.00. The van der Waals surface area contributed by atoms with E-state index in [9.17, 15) is 0 Å². The molecule has 1 aliphatic heterocycles. The zero-order chi connectivity index (χ0) is 14.7. The van der Waals surface area contributed by atoms with Crippen molar-refractivity contribution in [2.45, 2.75) is 6.04 Å². The lowest BCUT2D eigenvalue weighted by atomic mass is 10.1. The summed E-state index contributed by atoms with van der Waals surface area (Å²) in [7, 11) is 1.65. The van der Waals surface area contributed by atoms with Crippen molar-refractivity contribution in [3.05, 3.63) is 48.0 Å². The molecule has 0 aromatic heterocycles. The molecule has 2 aromatic carbocycles. The number of hydrogen-bond donors (Lipinski definition) is 2. The maximum atomic E-state index is 5.91. The van der Waals surface area contributed by atoms with Gasteiger partial charge in [0.2, 0.25) is 6.79 Å². The topological polar surface area (TPSA) is 65.7 Å². The summed E-state index contributed by atoms with van der Waals surface area (Å²) in [6.45, 7) is 0.726. The molecule has 110 valence electrons. The van der Waals surface area contributed by atoms with Gasteiger partial charge in [-0.25, -0.2) is 0 Å². The standard InChI is InChI=1S/C16H18N2O3/c1-19-14-5-3-2-4-12(14)18-13(9-17)11-6-7-15-16(8-11)21-10-20-15/h2-8,13,18H,9-10,17H2,1H3. The number of benzene rings is 2. The molecule has 0 spiro atoms. The Kier molecular flexibility index (Phi) is 3.83. The first kappa shape index (κ1) is 13.6. The molecule has 0 saturated heterocycles. The minimum Gasteiger partial charge on any atom is -0.495 e. The average molecular weight is 286 g/mol. The number of nitrogens with two attached hydrogens (primary N) is 1. The smallest absolute Gasteiger partial charge is 0.231 e. The van der Waals surface area contributed by atoms with E-state index in [1.807, 2.05) is 42.5 Å². The predicted molar refractivity (Wildman–Crippen MR) is 81.0 cm³/mol. The fourth-order valence-electron chi connectivity index (χ4n) is 2.36. The van der Waals surface area contributed by atoms with Gasteiger partial charge < -0.3 is 25.3 Å². The fraction of sp³-hybridized carbons (Fsp3) is 0.250. The molecule has 21 heavy (non-hydrogen) atoms. The van der Waals surface area contributed by atoms with Crippen LogP contribution in [0, 0.1) is 0 Å². The molecule has 0 aliphatic carbocycles.